The summed E-state index contributed by atoms with van der Waals surface area (Å²) in [6.07, 6.45) is 3.90. The summed E-state index contributed by atoms with van der Waals surface area (Å²) < 4.78 is 14.9. The molecule has 0 unspecified atom stereocenters. The lowest BCUT2D eigenvalue weighted by Gasteiger charge is -2.15. The van der Waals surface area contributed by atoms with Gasteiger partial charge in [-0.15, -0.1) is 0 Å². The lowest BCUT2D eigenvalue weighted by Crippen LogP contribution is -2.30. The number of halogens is 1. The maximum absolute atomic E-state index is 13.3. The van der Waals surface area contributed by atoms with Gasteiger partial charge < -0.3 is 10.2 Å². The summed E-state index contributed by atoms with van der Waals surface area (Å²) in [5.74, 6) is -0.366. The van der Waals surface area contributed by atoms with E-state index in [0.29, 0.717) is 42.9 Å². The summed E-state index contributed by atoms with van der Waals surface area (Å²) in [5.41, 5.74) is 3.63. The van der Waals surface area contributed by atoms with Crippen LogP contribution >= 0.6 is 0 Å². The summed E-state index contributed by atoms with van der Waals surface area (Å²) in [6, 6.07) is 13.8. The molecule has 6 nitrogen and oxygen atoms in total. The third kappa shape index (κ3) is 4.82. The Morgan fingerprint density at radius 1 is 1.13 bits per heavy atom. The van der Waals surface area contributed by atoms with Crippen LogP contribution in [0.25, 0.3) is 16.9 Å². The van der Waals surface area contributed by atoms with Crippen LogP contribution < -0.4 is 5.32 Å². The molecule has 31 heavy (non-hydrogen) atoms. The molecule has 3 aromatic rings. The number of rotatable bonds is 7. The molecule has 0 bridgehead atoms. The Kier molecular flexibility index (Phi) is 6.11. The fraction of sp³-hybridized carbons (Fsp3) is 0.292. The standard InChI is InChI=1S/C24H25FN4O2/c1-17-5-7-18(8-6-17)23-21(16-29(27-23)20-11-9-19(25)10-12-20)24(31)26-13-3-15-28-14-2-4-22(28)30/h5-12,16H,2-4,13-15H2,1H3,(H,26,31). The second kappa shape index (κ2) is 9.12. The zero-order chi connectivity index (χ0) is 21.8. The molecule has 2 heterocycles. The van der Waals surface area contributed by atoms with Gasteiger partial charge in [0.1, 0.15) is 11.5 Å². The summed E-state index contributed by atoms with van der Waals surface area (Å²) in [5, 5.41) is 7.56. The van der Waals surface area contributed by atoms with E-state index in [9.17, 15) is 14.0 Å². The first-order chi connectivity index (χ1) is 15.0. The Morgan fingerprint density at radius 3 is 2.55 bits per heavy atom. The van der Waals surface area contributed by atoms with Gasteiger partial charge in [-0.25, -0.2) is 9.07 Å². The number of likely N-dealkylation sites (tertiary alicyclic amines) is 1. The third-order valence-electron chi connectivity index (χ3n) is 5.44. The van der Waals surface area contributed by atoms with Crippen LogP contribution in [0.15, 0.2) is 54.7 Å². The van der Waals surface area contributed by atoms with Crippen molar-refractivity contribution >= 4 is 11.8 Å². The van der Waals surface area contributed by atoms with Crippen LogP contribution in [0.5, 0.6) is 0 Å². The topological polar surface area (TPSA) is 67.2 Å². The highest BCUT2D eigenvalue weighted by atomic mass is 19.1. The Balaban J connectivity index is 1.52. The van der Waals surface area contributed by atoms with Gasteiger partial charge in [-0.1, -0.05) is 29.8 Å². The molecule has 0 spiro atoms. The molecule has 4 rings (SSSR count). The zero-order valence-corrected chi connectivity index (χ0v) is 17.5. The number of aryl methyl sites for hydroxylation is 1. The van der Waals surface area contributed by atoms with Gasteiger partial charge in [0, 0.05) is 37.8 Å². The number of carbonyl (C=O) groups excluding carboxylic acids is 2. The van der Waals surface area contributed by atoms with Crippen molar-refractivity contribution in [2.45, 2.75) is 26.2 Å². The second-order valence-electron chi connectivity index (χ2n) is 7.77. The molecule has 2 amide bonds. The highest BCUT2D eigenvalue weighted by molar-refractivity contribution is 5.99. The molecule has 1 aromatic heterocycles. The van der Waals surface area contributed by atoms with E-state index in [2.05, 4.69) is 10.4 Å². The Labute approximate surface area is 180 Å². The smallest absolute Gasteiger partial charge is 0.255 e. The number of nitrogens with one attached hydrogen (secondary N) is 1. The first-order valence-electron chi connectivity index (χ1n) is 10.5. The van der Waals surface area contributed by atoms with Crippen LogP contribution in [-0.2, 0) is 4.79 Å². The van der Waals surface area contributed by atoms with E-state index in [1.54, 1.807) is 23.0 Å². The average molecular weight is 420 g/mol. The molecular weight excluding hydrogens is 395 g/mol. The summed E-state index contributed by atoms with van der Waals surface area (Å²) >= 11 is 0. The number of hydrogen-bond acceptors (Lipinski definition) is 3. The van der Waals surface area contributed by atoms with E-state index in [-0.39, 0.29) is 17.6 Å². The molecule has 0 atom stereocenters. The summed E-state index contributed by atoms with van der Waals surface area (Å²) in [4.78, 5) is 26.5. The van der Waals surface area contributed by atoms with E-state index in [1.807, 2.05) is 36.1 Å². The summed E-state index contributed by atoms with van der Waals surface area (Å²) in [7, 11) is 0. The first-order valence-corrected chi connectivity index (χ1v) is 10.5. The Bertz CT molecular complexity index is 1070. The number of benzene rings is 2. The number of amides is 2. The lowest BCUT2D eigenvalue weighted by molar-refractivity contribution is -0.127. The van der Waals surface area contributed by atoms with Crippen LogP contribution in [0.3, 0.4) is 0 Å². The van der Waals surface area contributed by atoms with Gasteiger partial charge in [-0.3, -0.25) is 9.59 Å². The van der Waals surface area contributed by atoms with E-state index in [0.717, 1.165) is 24.1 Å². The molecular formula is C24H25FN4O2. The molecule has 1 saturated heterocycles. The van der Waals surface area contributed by atoms with Crippen molar-refractivity contribution < 1.29 is 14.0 Å². The van der Waals surface area contributed by atoms with Gasteiger partial charge in [0.2, 0.25) is 5.91 Å². The molecule has 0 saturated carbocycles. The SMILES string of the molecule is Cc1ccc(-c2nn(-c3ccc(F)cc3)cc2C(=O)NCCCN2CCCC2=O)cc1. The molecule has 1 aliphatic heterocycles. The van der Waals surface area contributed by atoms with Crippen molar-refractivity contribution in [2.75, 3.05) is 19.6 Å². The lowest BCUT2D eigenvalue weighted by atomic mass is 10.1. The van der Waals surface area contributed by atoms with Gasteiger partial charge >= 0.3 is 0 Å². The van der Waals surface area contributed by atoms with E-state index in [1.165, 1.54) is 12.1 Å². The largest absolute Gasteiger partial charge is 0.352 e. The van der Waals surface area contributed by atoms with Crippen molar-refractivity contribution in [1.29, 1.82) is 0 Å². The predicted octanol–water partition coefficient (Wildman–Crippen LogP) is 3.73. The molecule has 0 aliphatic carbocycles. The molecule has 1 fully saturated rings. The van der Waals surface area contributed by atoms with E-state index < -0.39 is 0 Å². The second-order valence-corrected chi connectivity index (χ2v) is 7.77. The number of hydrogen-bond donors (Lipinski definition) is 1. The molecule has 2 aromatic carbocycles. The zero-order valence-electron chi connectivity index (χ0n) is 17.5. The van der Waals surface area contributed by atoms with Crippen molar-refractivity contribution in [2.24, 2.45) is 0 Å². The molecule has 160 valence electrons. The van der Waals surface area contributed by atoms with E-state index in [4.69, 9.17) is 0 Å². The minimum atomic E-state index is -0.330. The average Bonchev–Trinajstić information content (AvgIpc) is 3.39. The normalized spacial score (nSPS) is 13.6. The van der Waals surface area contributed by atoms with Crippen molar-refractivity contribution in [3.8, 4) is 16.9 Å². The van der Waals surface area contributed by atoms with Crippen molar-refractivity contribution in [3.63, 3.8) is 0 Å². The monoisotopic (exact) mass is 420 g/mol. The van der Waals surface area contributed by atoms with Crippen molar-refractivity contribution in [1.82, 2.24) is 20.0 Å². The highest BCUT2D eigenvalue weighted by Gasteiger charge is 2.21. The van der Waals surface area contributed by atoms with Crippen LogP contribution in [0.1, 0.15) is 35.2 Å². The third-order valence-corrected chi connectivity index (χ3v) is 5.44. The minimum Gasteiger partial charge on any atom is -0.352 e. The van der Waals surface area contributed by atoms with Gasteiger partial charge in [-0.05, 0) is 44.0 Å². The number of nitrogens with zero attached hydrogens (tertiary/aromatic N) is 3. The van der Waals surface area contributed by atoms with Crippen LogP contribution in [0.4, 0.5) is 4.39 Å². The maximum Gasteiger partial charge on any atom is 0.255 e. The maximum atomic E-state index is 13.3. The molecule has 1 aliphatic rings. The van der Waals surface area contributed by atoms with Crippen LogP contribution in [0.2, 0.25) is 0 Å². The highest BCUT2D eigenvalue weighted by Crippen LogP contribution is 2.24. The minimum absolute atomic E-state index is 0.188. The number of aromatic nitrogens is 2. The van der Waals surface area contributed by atoms with Gasteiger partial charge in [0.25, 0.3) is 5.91 Å². The molecule has 1 N–H and O–H groups in total. The van der Waals surface area contributed by atoms with Crippen LogP contribution in [-0.4, -0.2) is 46.1 Å². The van der Waals surface area contributed by atoms with Gasteiger partial charge in [0.05, 0.1) is 11.3 Å². The fourth-order valence-electron chi connectivity index (χ4n) is 3.70. The van der Waals surface area contributed by atoms with Crippen molar-refractivity contribution in [3.05, 3.63) is 71.7 Å². The van der Waals surface area contributed by atoms with Gasteiger partial charge in [0.15, 0.2) is 0 Å². The summed E-state index contributed by atoms with van der Waals surface area (Å²) in [6.45, 7) is 3.92. The number of carbonyl (C=O) groups is 2. The Morgan fingerprint density at radius 2 is 1.87 bits per heavy atom. The first kappa shape index (κ1) is 20.8. The van der Waals surface area contributed by atoms with Gasteiger partial charge in [-0.2, -0.15) is 5.10 Å². The van der Waals surface area contributed by atoms with Crippen LogP contribution in [0, 0.1) is 12.7 Å². The quantitative estimate of drug-likeness (QED) is 0.593. The molecule has 7 heteroatoms. The molecule has 0 radical (unpaired) electrons. The van der Waals surface area contributed by atoms with E-state index >= 15 is 0 Å². The predicted molar refractivity (Wildman–Crippen MR) is 116 cm³/mol. The fourth-order valence-corrected chi connectivity index (χ4v) is 3.70. The Hall–Kier alpha value is -3.48.